The number of amides is 1. The van der Waals surface area contributed by atoms with Gasteiger partial charge in [0, 0.05) is 26.3 Å². The van der Waals surface area contributed by atoms with Crippen molar-refractivity contribution in [2.75, 3.05) is 7.11 Å². The molecule has 0 radical (unpaired) electrons. The van der Waals surface area contributed by atoms with Gasteiger partial charge in [-0.3, -0.25) is 4.79 Å². The Morgan fingerprint density at radius 2 is 2.00 bits per heavy atom. The number of methoxy groups -OCH3 is 1. The molecule has 0 spiro atoms. The molecule has 146 valence electrons. The molecule has 1 unspecified atom stereocenters. The van der Waals surface area contributed by atoms with Crippen LogP contribution in [0.2, 0.25) is 0 Å². The van der Waals surface area contributed by atoms with E-state index in [1.165, 1.54) is 12.1 Å². The minimum Gasteiger partial charge on any atom is -0.491 e. The van der Waals surface area contributed by atoms with Gasteiger partial charge in [-0.1, -0.05) is 0 Å². The van der Waals surface area contributed by atoms with Gasteiger partial charge in [-0.2, -0.15) is 0 Å². The summed E-state index contributed by atoms with van der Waals surface area (Å²) in [5.41, 5.74) is 0.0742. The highest BCUT2D eigenvalue weighted by Crippen LogP contribution is 2.19. The fourth-order valence-corrected chi connectivity index (χ4v) is 3.87. The van der Waals surface area contributed by atoms with E-state index in [2.05, 4.69) is 9.71 Å². The third kappa shape index (κ3) is 4.48. The monoisotopic (exact) mass is 393 g/mol. The number of sulfonamides is 1. The van der Waals surface area contributed by atoms with E-state index >= 15 is 0 Å². The van der Waals surface area contributed by atoms with Crippen molar-refractivity contribution in [2.24, 2.45) is 0 Å². The van der Waals surface area contributed by atoms with Crippen LogP contribution in [-0.4, -0.2) is 43.2 Å². The van der Waals surface area contributed by atoms with Crippen LogP contribution >= 0.6 is 0 Å². The van der Waals surface area contributed by atoms with Crippen LogP contribution in [0.4, 0.5) is 0 Å². The van der Waals surface area contributed by atoms with Gasteiger partial charge >= 0.3 is 0 Å². The fraction of sp³-hybridized carbons (Fsp3) is 0.444. The van der Waals surface area contributed by atoms with Crippen molar-refractivity contribution < 1.29 is 22.7 Å². The lowest BCUT2D eigenvalue weighted by molar-refractivity contribution is 0.0796. The molecule has 1 N–H and O–H groups in total. The van der Waals surface area contributed by atoms with E-state index in [0.29, 0.717) is 24.5 Å². The molecule has 0 saturated heterocycles. The number of hydrogen-bond acceptors (Lipinski definition) is 6. The van der Waals surface area contributed by atoms with E-state index in [1.807, 2.05) is 18.4 Å². The average molecular weight is 393 g/mol. The molecular weight excluding hydrogens is 370 g/mol. The van der Waals surface area contributed by atoms with Crippen molar-refractivity contribution in [1.82, 2.24) is 14.3 Å². The van der Waals surface area contributed by atoms with Gasteiger partial charge in [0.15, 0.2) is 0 Å². The second-order valence-corrected chi connectivity index (χ2v) is 8.34. The quantitative estimate of drug-likeness (QED) is 0.803. The van der Waals surface area contributed by atoms with E-state index in [9.17, 15) is 13.2 Å². The summed E-state index contributed by atoms with van der Waals surface area (Å²) in [5, 5.41) is 0. The van der Waals surface area contributed by atoms with Gasteiger partial charge in [0.05, 0.1) is 17.1 Å². The van der Waals surface area contributed by atoms with Crippen LogP contribution in [0.25, 0.3) is 0 Å². The number of aromatic nitrogens is 2. The first-order valence-corrected chi connectivity index (χ1v) is 10.2. The molecule has 0 fully saturated rings. The van der Waals surface area contributed by atoms with Crippen LogP contribution in [-0.2, 0) is 27.7 Å². The lowest BCUT2D eigenvalue weighted by Gasteiger charge is -2.21. The van der Waals surface area contributed by atoms with Gasteiger partial charge in [0.1, 0.15) is 17.3 Å². The molecule has 1 aromatic carbocycles. The molecule has 9 heteroatoms. The first kappa shape index (κ1) is 19.4. The largest absolute Gasteiger partial charge is 0.491 e. The maximum atomic E-state index is 12.5. The molecule has 1 atom stereocenters. The van der Waals surface area contributed by atoms with Crippen LogP contribution in [0.5, 0.6) is 5.75 Å². The number of carbonyl (C=O) groups excluding carboxylic acids is 1. The van der Waals surface area contributed by atoms with Crippen molar-refractivity contribution >= 4 is 15.9 Å². The Hall–Kier alpha value is -2.39. The molecule has 3 rings (SSSR count). The van der Waals surface area contributed by atoms with Gasteiger partial charge in [-0.05, 0) is 44.5 Å². The van der Waals surface area contributed by atoms with Gasteiger partial charge in [0.2, 0.25) is 0 Å². The summed E-state index contributed by atoms with van der Waals surface area (Å²) in [6.07, 6.45) is 3.03. The van der Waals surface area contributed by atoms with Crippen molar-refractivity contribution in [1.29, 1.82) is 0 Å². The zero-order chi connectivity index (χ0) is 19.6. The molecule has 0 aliphatic carbocycles. The lowest BCUT2D eigenvalue weighted by atomic mass is 10.1. The van der Waals surface area contributed by atoms with Gasteiger partial charge in [0.25, 0.3) is 15.9 Å². The zero-order valence-corrected chi connectivity index (χ0v) is 16.3. The first-order chi connectivity index (χ1) is 12.8. The molecule has 1 amide bonds. The summed E-state index contributed by atoms with van der Waals surface area (Å²) in [6, 6.07) is 5.90. The topological polar surface area (TPSA) is 99.5 Å². The predicted molar refractivity (Wildman–Crippen MR) is 98.2 cm³/mol. The number of hydrogen-bond donors (Lipinski definition) is 1. The number of ether oxygens (including phenoxy) is 2. The number of carbonyl (C=O) groups is 1. The summed E-state index contributed by atoms with van der Waals surface area (Å²) in [7, 11) is -2.36. The normalized spacial score (nSPS) is 16.8. The third-order valence-electron chi connectivity index (χ3n) is 4.26. The van der Waals surface area contributed by atoms with Gasteiger partial charge < -0.3 is 14.0 Å². The maximum absolute atomic E-state index is 12.5. The van der Waals surface area contributed by atoms with Crippen LogP contribution in [0, 0.1) is 0 Å². The first-order valence-electron chi connectivity index (χ1n) is 8.71. The van der Waals surface area contributed by atoms with E-state index in [4.69, 9.17) is 9.47 Å². The minimum absolute atomic E-state index is 0.0168. The highest BCUT2D eigenvalue weighted by molar-refractivity contribution is 7.90. The van der Waals surface area contributed by atoms with Gasteiger partial charge in [-0.25, -0.2) is 18.1 Å². The van der Waals surface area contributed by atoms with Crippen LogP contribution in [0.15, 0.2) is 35.4 Å². The third-order valence-corrected chi connectivity index (χ3v) is 5.61. The van der Waals surface area contributed by atoms with Crippen LogP contribution in [0.3, 0.4) is 0 Å². The molecule has 27 heavy (non-hydrogen) atoms. The smallest absolute Gasteiger partial charge is 0.285 e. The number of aryl methyl sites for hydroxylation is 1. The van der Waals surface area contributed by atoms with E-state index < -0.39 is 15.9 Å². The number of imidazole rings is 1. The predicted octanol–water partition coefficient (Wildman–Crippen LogP) is 1.75. The number of nitrogens with one attached hydrogen (secondary N) is 1. The summed E-state index contributed by atoms with van der Waals surface area (Å²) in [4.78, 5) is 16.6. The summed E-state index contributed by atoms with van der Waals surface area (Å²) in [6.45, 7) is 4.44. The molecule has 1 aromatic heterocycles. The minimum atomic E-state index is -4.00. The molecule has 1 aliphatic heterocycles. The second kappa shape index (κ2) is 7.69. The molecular formula is C18H23N3O5S. The lowest BCUT2D eigenvalue weighted by Crippen LogP contribution is -2.30. The number of benzene rings is 1. The Balaban J connectivity index is 1.72. The van der Waals surface area contributed by atoms with E-state index in [0.717, 1.165) is 6.42 Å². The molecule has 0 saturated carbocycles. The molecule has 2 aromatic rings. The average Bonchev–Trinajstić information content (AvgIpc) is 3.04. The summed E-state index contributed by atoms with van der Waals surface area (Å²) < 4.78 is 39.7. The Morgan fingerprint density at radius 3 is 2.63 bits per heavy atom. The standard InChI is InChI=1S/C18H23N3O5S/c1-12(2)26-13-4-6-15(7-5-13)27(23,24)20-18(22)16-11-21-9-8-14(25-3)10-17(21)19-16/h4-7,11-12,14H,8-10H2,1-3H3,(H,20,22). The van der Waals surface area contributed by atoms with Crippen LogP contribution in [0.1, 0.15) is 36.6 Å². The Kier molecular flexibility index (Phi) is 5.52. The summed E-state index contributed by atoms with van der Waals surface area (Å²) >= 11 is 0. The molecule has 0 bridgehead atoms. The second-order valence-electron chi connectivity index (χ2n) is 6.66. The van der Waals surface area contributed by atoms with Crippen LogP contribution < -0.4 is 9.46 Å². The van der Waals surface area contributed by atoms with E-state index in [-0.39, 0.29) is 22.8 Å². The number of nitrogens with zero attached hydrogens (tertiary/aromatic N) is 2. The SMILES string of the molecule is COC1CCn2cc(C(=O)NS(=O)(=O)c3ccc(OC(C)C)cc3)nc2C1. The number of rotatable bonds is 6. The fourth-order valence-electron chi connectivity index (χ4n) is 2.91. The van der Waals surface area contributed by atoms with Crippen molar-refractivity contribution in [3.8, 4) is 5.75 Å². The molecule has 1 aliphatic rings. The zero-order valence-electron chi connectivity index (χ0n) is 15.5. The molecule has 8 nitrogen and oxygen atoms in total. The Morgan fingerprint density at radius 1 is 1.30 bits per heavy atom. The van der Waals surface area contributed by atoms with Crippen molar-refractivity contribution in [3.63, 3.8) is 0 Å². The molecule has 2 heterocycles. The van der Waals surface area contributed by atoms with Crippen molar-refractivity contribution in [3.05, 3.63) is 42.0 Å². The highest BCUT2D eigenvalue weighted by Gasteiger charge is 2.25. The Bertz CT molecular complexity index is 919. The summed E-state index contributed by atoms with van der Waals surface area (Å²) in [5.74, 6) is 0.518. The van der Waals surface area contributed by atoms with Crippen molar-refractivity contribution in [2.45, 2.75) is 50.3 Å². The Labute approximate surface area is 158 Å². The van der Waals surface area contributed by atoms with E-state index in [1.54, 1.807) is 25.4 Å². The van der Waals surface area contributed by atoms with Gasteiger partial charge in [-0.15, -0.1) is 0 Å². The maximum Gasteiger partial charge on any atom is 0.285 e. The highest BCUT2D eigenvalue weighted by atomic mass is 32.2. The number of fused-ring (bicyclic) bond motifs is 1.